The molecule has 9 nitrogen and oxygen atoms in total. The van der Waals surface area contributed by atoms with E-state index in [0.717, 1.165) is 19.3 Å². The van der Waals surface area contributed by atoms with Crippen molar-refractivity contribution >= 4 is 21.8 Å². The minimum atomic E-state index is -3.68. The molecule has 3 aliphatic carbocycles. The molecule has 2 heterocycles. The average Bonchev–Trinajstić information content (AvgIpc) is 2.97. The Hall–Kier alpha value is -1.65. The second-order valence-corrected chi connectivity index (χ2v) is 9.20. The summed E-state index contributed by atoms with van der Waals surface area (Å²) in [5, 5.41) is 7.01. The molecular formula is C14H22N6O3S. The van der Waals surface area contributed by atoms with Crippen LogP contribution in [0.25, 0.3) is 0 Å². The maximum atomic E-state index is 12.6. The number of aromatic nitrogens is 2. The minimum Gasteiger partial charge on any atom is -0.349 e. The van der Waals surface area contributed by atoms with E-state index in [9.17, 15) is 13.2 Å². The van der Waals surface area contributed by atoms with Crippen molar-refractivity contribution in [2.24, 2.45) is 18.2 Å². The Balaban J connectivity index is 1.38. The van der Waals surface area contributed by atoms with E-state index in [1.165, 1.54) is 14.8 Å². The van der Waals surface area contributed by atoms with E-state index in [-0.39, 0.29) is 23.4 Å². The molecule has 1 amide bonds. The highest BCUT2D eigenvalue weighted by Crippen LogP contribution is 2.66. The summed E-state index contributed by atoms with van der Waals surface area (Å²) in [6.07, 6.45) is 5.90. The molecule has 1 saturated heterocycles. The highest BCUT2D eigenvalue weighted by atomic mass is 32.2. The van der Waals surface area contributed by atoms with Crippen LogP contribution in [-0.2, 0) is 22.1 Å². The van der Waals surface area contributed by atoms with Gasteiger partial charge in [-0.1, -0.05) is 0 Å². The molecule has 4 aliphatic rings. The number of anilines is 1. The van der Waals surface area contributed by atoms with Crippen LogP contribution in [0.1, 0.15) is 19.3 Å². The first kappa shape index (κ1) is 15.9. The van der Waals surface area contributed by atoms with Crippen molar-refractivity contribution in [1.82, 2.24) is 19.4 Å². The molecule has 3 N–H and O–H groups in total. The number of carbonyl (C=O) groups excluding carboxylic acids is 1. The maximum absolute atomic E-state index is 12.6. The van der Waals surface area contributed by atoms with Crippen LogP contribution in [0.5, 0.6) is 0 Å². The molecule has 132 valence electrons. The van der Waals surface area contributed by atoms with Gasteiger partial charge in [0.1, 0.15) is 0 Å². The third-order valence-corrected chi connectivity index (χ3v) is 7.35. The number of aryl methyl sites for hydroxylation is 1. The highest BCUT2D eigenvalue weighted by molar-refractivity contribution is 7.90. The average molecular weight is 354 g/mol. The van der Waals surface area contributed by atoms with Gasteiger partial charge in [-0.05, 0) is 31.2 Å². The van der Waals surface area contributed by atoms with E-state index in [4.69, 9.17) is 5.73 Å². The van der Waals surface area contributed by atoms with Crippen molar-refractivity contribution in [2.45, 2.75) is 24.8 Å². The van der Waals surface area contributed by atoms with Gasteiger partial charge in [-0.3, -0.25) is 13.8 Å². The first-order valence-electron chi connectivity index (χ1n) is 8.05. The van der Waals surface area contributed by atoms with Gasteiger partial charge < -0.3 is 11.1 Å². The molecule has 10 heteroatoms. The van der Waals surface area contributed by atoms with Gasteiger partial charge in [0.05, 0.1) is 18.4 Å². The quantitative estimate of drug-likeness (QED) is 0.688. The number of amides is 1. The molecule has 5 rings (SSSR count). The molecule has 24 heavy (non-hydrogen) atoms. The molecule has 2 bridgehead atoms. The lowest BCUT2D eigenvalue weighted by molar-refractivity contribution is -0.160. The summed E-state index contributed by atoms with van der Waals surface area (Å²) in [5.74, 6) is -0.239. The van der Waals surface area contributed by atoms with Crippen molar-refractivity contribution in [1.29, 1.82) is 0 Å². The van der Waals surface area contributed by atoms with E-state index < -0.39 is 10.2 Å². The zero-order valence-electron chi connectivity index (χ0n) is 13.6. The molecule has 1 aromatic rings. The van der Waals surface area contributed by atoms with Gasteiger partial charge in [-0.15, -0.1) is 0 Å². The summed E-state index contributed by atoms with van der Waals surface area (Å²) in [4.78, 5) is 12.3. The topological polar surface area (TPSA) is 114 Å². The number of nitrogens with zero attached hydrogens (tertiary/aromatic N) is 4. The van der Waals surface area contributed by atoms with Gasteiger partial charge in [0.25, 0.3) is 0 Å². The predicted octanol–water partition coefficient (Wildman–Crippen LogP) is -1.22. The monoisotopic (exact) mass is 354 g/mol. The van der Waals surface area contributed by atoms with Crippen molar-refractivity contribution in [3.05, 3.63) is 12.4 Å². The van der Waals surface area contributed by atoms with E-state index in [1.54, 1.807) is 17.9 Å². The molecule has 4 fully saturated rings. The van der Waals surface area contributed by atoms with E-state index in [0.29, 0.717) is 25.3 Å². The third kappa shape index (κ3) is 2.24. The predicted molar refractivity (Wildman–Crippen MR) is 87.3 cm³/mol. The molecule has 3 saturated carbocycles. The summed E-state index contributed by atoms with van der Waals surface area (Å²) < 4.78 is 29.3. The Labute approximate surface area is 141 Å². The lowest BCUT2D eigenvalue weighted by atomic mass is 9.39. The van der Waals surface area contributed by atoms with Crippen molar-refractivity contribution < 1.29 is 13.2 Å². The summed E-state index contributed by atoms with van der Waals surface area (Å²) in [5.41, 5.74) is 6.33. The smallest absolute Gasteiger partial charge is 0.304 e. The Kier molecular flexibility index (Phi) is 3.26. The maximum Gasteiger partial charge on any atom is 0.304 e. The summed E-state index contributed by atoms with van der Waals surface area (Å²) in [6, 6.07) is 0. The van der Waals surface area contributed by atoms with Crippen LogP contribution < -0.4 is 15.4 Å². The van der Waals surface area contributed by atoms with Crippen molar-refractivity contribution in [3.63, 3.8) is 0 Å². The third-order valence-electron chi connectivity index (χ3n) is 5.43. The van der Waals surface area contributed by atoms with E-state index >= 15 is 0 Å². The number of nitrogens with two attached hydrogens (primary N) is 1. The lowest BCUT2D eigenvalue weighted by Crippen LogP contribution is -2.76. The first-order chi connectivity index (χ1) is 11.3. The molecule has 1 aliphatic heterocycles. The molecule has 0 unspecified atom stereocenters. The molecule has 0 spiro atoms. The normalized spacial score (nSPS) is 33.8. The second-order valence-electron chi connectivity index (χ2n) is 7.35. The fourth-order valence-corrected chi connectivity index (χ4v) is 5.92. The zero-order chi connectivity index (χ0) is 17.2. The van der Waals surface area contributed by atoms with Crippen molar-refractivity contribution in [2.75, 3.05) is 30.5 Å². The Morgan fingerprint density at radius 1 is 1.38 bits per heavy atom. The largest absolute Gasteiger partial charge is 0.349 e. The van der Waals surface area contributed by atoms with Gasteiger partial charge in [0.15, 0.2) is 0 Å². The number of hydrogen-bond donors (Lipinski definition) is 2. The van der Waals surface area contributed by atoms with Gasteiger partial charge in [-0.25, -0.2) is 0 Å². The fourth-order valence-electron chi connectivity index (χ4n) is 4.38. The van der Waals surface area contributed by atoms with E-state index in [1.807, 2.05) is 0 Å². The number of rotatable bonds is 5. The van der Waals surface area contributed by atoms with Gasteiger partial charge in [0.2, 0.25) is 5.91 Å². The lowest BCUT2D eigenvalue weighted by Gasteiger charge is -2.70. The Morgan fingerprint density at radius 2 is 2.08 bits per heavy atom. The number of hydrogen-bond acceptors (Lipinski definition) is 5. The standard InChI is InChI=1S/C14H22N6O3S/c1-18-5-11(4-16-18)20-3-2-19(24(20,22)23)6-12(21)17-14-7-13(8-14,9-14)10-15/h4-5H,2-3,6-10,15H2,1H3,(H,17,21). The van der Waals surface area contributed by atoms with Crippen LogP contribution in [0, 0.1) is 5.41 Å². The molecular weight excluding hydrogens is 332 g/mol. The number of nitrogens with one attached hydrogen (secondary N) is 1. The number of carbonyl (C=O) groups is 1. The molecule has 0 atom stereocenters. The Bertz CT molecular complexity index is 768. The van der Waals surface area contributed by atoms with Gasteiger partial charge >= 0.3 is 10.2 Å². The molecule has 0 aromatic carbocycles. The van der Waals surface area contributed by atoms with Crippen LogP contribution >= 0.6 is 0 Å². The summed E-state index contributed by atoms with van der Waals surface area (Å²) in [6.45, 7) is 1.13. The second kappa shape index (κ2) is 4.93. The van der Waals surface area contributed by atoms with Crippen molar-refractivity contribution in [3.8, 4) is 0 Å². The van der Waals surface area contributed by atoms with Crippen LogP contribution in [0.4, 0.5) is 5.69 Å². The first-order valence-corrected chi connectivity index (χ1v) is 9.45. The van der Waals surface area contributed by atoms with E-state index in [2.05, 4.69) is 10.4 Å². The SMILES string of the molecule is Cn1cc(N2CCN(CC(=O)NC34CC(CN)(C3)C4)S2(=O)=O)cn1. The van der Waals surface area contributed by atoms with Gasteiger partial charge in [-0.2, -0.15) is 17.8 Å². The minimum absolute atomic E-state index is 0.136. The summed E-state index contributed by atoms with van der Waals surface area (Å²) >= 11 is 0. The highest BCUT2D eigenvalue weighted by Gasteiger charge is 2.67. The summed E-state index contributed by atoms with van der Waals surface area (Å²) in [7, 11) is -1.95. The van der Waals surface area contributed by atoms with Crippen LogP contribution in [0.15, 0.2) is 12.4 Å². The molecule has 0 radical (unpaired) electrons. The molecule has 1 aromatic heterocycles. The van der Waals surface area contributed by atoms with Crippen LogP contribution in [0.3, 0.4) is 0 Å². The zero-order valence-corrected chi connectivity index (χ0v) is 14.4. The van der Waals surface area contributed by atoms with Gasteiger partial charge in [0, 0.05) is 31.9 Å². The van der Waals surface area contributed by atoms with Crippen LogP contribution in [-0.4, -0.2) is 60.1 Å². The Morgan fingerprint density at radius 3 is 2.67 bits per heavy atom. The van der Waals surface area contributed by atoms with Crippen LogP contribution in [0.2, 0.25) is 0 Å². The fraction of sp³-hybridized carbons (Fsp3) is 0.714.